The molecular weight excluding hydrogens is 377 g/mol. The Morgan fingerprint density at radius 3 is 2.36 bits per heavy atom. The Balaban J connectivity index is 3.41. The van der Waals surface area contributed by atoms with Crippen molar-refractivity contribution in [3.8, 4) is 5.75 Å². The molecule has 0 heterocycles. The Hall–Kier alpha value is -2.57. The van der Waals surface area contributed by atoms with Gasteiger partial charge in [-0.25, -0.2) is 4.99 Å². The second kappa shape index (κ2) is 6.46. The van der Waals surface area contributed by atoms with Crippen molar-refractivity contribution in [3.63, 3.8) is 0 Å². The number of aliphatic imine (C=N–C) groups is 2. The van der Waals surface area contributed by atoms with Gasteiger partial charge in [0.25, 0.3) is 5.69 Å². The number of ether oxygens (including phenoxy) is 1. The quantitative estimate of drug-likeness (QED) is 0.310. The highest BCUT2D eigenvalue weighted by Gasteiger charge is 2.32. The van der Waals surface area contributed by atoms with Crippen molar-refractivity contribution < 1.29 is 22.8 Å². The first-order valence-corrected chi connectivity index (χ1v) is 5.96. The number of nitrogens with two attached hydrogens (primary N) is 3. The van der Waals surface area contributed by atoms with Crippen LogP contribution in [0.15, 0.2) is 26.6 Å². The number of nitro groups is 1. The number of halogens is 4. The first kappa shape index (κ1) is 17.5. The molecule has 0 aliphatic carbocycles. The van der Waals surface area contributed by atoms with E-state index in [0.29, 0.717) is 6.07 Å². The van der Waals surface area contributed by atoms with Crippen LogP contribution >= 0.6 is 15.9 Å². The van der Waals surface area contributed by atoms with Gasteiger partial charge in [0.15, 0.2) is 11.6 Å². The van der Waals surface area contributed by atoms with E-state index < -0.39 is 34.6 Å². The van der Waals surface area contributed by atoms with Crippen LogP contribution in [0.3, 0.4) is 0 Å². The molecule has 0 aromatic heterocycles. The maximum Gasteiger partial charge on any atom is 0.573 e. The Labute approximate surface area is 128 Å². The Morgan fingerprint density at radius 1 is 1.32 bits per heavy atom. The fourth-order valence-electron chi connectivity index (χ4n) is 1.27. The van der Waals surface area contributed by atoms with Crippen molar-refractivity contribution in [1.29, 1.82) is 0 Å². The standard InChI is InChI=1S/C9H8BrF3N6O3/c10-4-1-3(22-9(11,12)13)2-5(19(20)21)6(4)17-8(16)18-7(14)15/h1-2H,(H6,14,15,16,17,18). The SMILES string of the molecule is NC(N)=NC(N)=Nc1c(Br)cc(OC(F)(F)F)cc1[N+](=O)[O-]. The van der Waals surface area contributed by atoms with Crippen LogP contribution in [0.25, 0.3) is 0 Å². The van der Waals surface area contributed by atoms with Crippen LogP contribution in [-0.2, 0) is 0 Å². The molecule has 0 atom stereocenters. The molecule has 0 spiro atoms. The second-order valence-corrected chi connectivity index (χ2v) is 4.44. The Bertz CT molecular complexity index is 657. The summed E-state index contributed by atoms with van der Waals surface area (Å²) >= 11 is 2.84. The lowest BCUT2D eigenvalue weighted by molar-refractivity contribution is -0.384. The molecule has 1 aromatic rings. The third-order valence-electron chi connectivity index (χ3n) is 1.92. The molecule has 0 aliphatic rings. The van der Waals surface area contributed by atoms with Crippen LogP contribution in [0.4, 0.5) is 24.5 Å². The summed E-state index contributed by atoms with van der Waals surface area (Å²) in [4.78, 5) is 16.9. The lowest BCUT2D eigenvalue weighted by atomic mass is 10.2. The first-order valence-electron chi connectivity index (χ1n) is 5.17. The van der Waals surface area contributed by atoms with Crippen LogP contribution < -0.4 is 21.9 Å². The van der Waals surface area contributed by atoms with Crippen molar-refractivity contribution in [1.82, 2.24) is 0 Å². The van der Waals surface area contributed by atoms with Gasteiger partial charge in [0.1, 0.15) is 5.75 Å². The Kier molecular flexibility index (Phi) is 5.14. The maximum atomic E-state index is 12.2. The number of nitro benzene ring substituents is 1. The topological polar surface area (TPSA) is 155 Å². The number of hydrogen-bond acceptors (Lipinski definition) is 4. The molecule has 6 N–H and O–H groups in total. The van der Waals surface area contributed by atoms with Crippen LogP contribution in [0, 0.1) is 10.1 Å². The predicted molar refractivity (Wildman–Crippen MR) is 74.6 cm³/mol. The normalized spacial score (nSPS) is 11.9. The summed E-state index contributed by atoms with van der Waals surface area (Å²) in [6.07, 6.45) is -5.00. The number of guanidine groups is 2. The van der Waals surface area contributed by atoms with E-state index in [9.17, 15) is 23.3 Å². The number of alkyl halides is 3. The molecule has 1 aromatic carbocycles. The zero-order valence-corrected chi connectivity index (χ0v) is 12.1. The largest absolute Gasteiger partial charge is 0.573 e. The molecule has 0 radical (unpaired) electrons. The highest BCUT2D eigenvalue weighted by atomic mass is 79.9. The van der Waals surface area contributed by atoms with Gasteiger partial charge in [-0.3, -0.25) is 10.1 Å². The number of nitrogens with zero attached hydrogens (tertiary/aromatic N) is 3. The highest BCUT2D eigenvalue weighted by Crippen LogP contribution is 2.40. The van der Waals surface area contributed by atoms with Crippen LogP contribution in [-0.4, -0.2) is 23.2 Å². The fraction of sp³-hybridized carbons (Fsp3) is 0.111. The molecule has 0 amide bonds. The van der Waals surface area contributed by atoms with Gasteiger partial charge in [-0.2, -0.15) is 4.99 Å². The predicted octanol–water partition coefficient (Wildman–Crippen LogP) is 1.48. The average Bonchev–Trinajstić information content (AvgIpc) is 2.28. The average molecular weight is 385 g/mol. The fourth-order valence-corrected chi connectivity index (χ4v) is 1.79. The molecule has 0 fully saturated rings. The zero-order valence-electron chi connectivity index (χ0n) is 10.5. The lowest BCUT2D eigenvalue weighted by Gasteiger charge is -2.10. The summed E-state index contributed by atoms with van der Waals surface area (Å²) < 4.78 is 39.9. The molecule has 0 saturated carbocycles. The minimum Gasteiger partial charge on any atom is -0.405 e. The van der Waals surface area contributed by atoms with Crippen LogP contribution in [0.1, 0.15) is 0 Å². The van der Waals surface area contributed by atoms with Gasteiger partial charge in [0, 0.05) is 0 Å². The van der Waals surface area contributed by atoms with Crippen molar-refractivity contribution >= 4 is 39.2 Å². The van der Waals surface area contributed by atoms with E-state index in [1.54, 1.807) is 0 Å². The molecule has 13 heteroatoms. The van der Waals surface area contributed by atoms with E-state index >= 15 is 0 Å². The van der Waals surface area contributed by atoms with Crippen LogP contribution in [0.5, 0.6) is 5.75 Å². The minimum atomic E-state index is -5.00. The molecule has 9 nitrogen and oxygen atoms in total. The molecule has 0 aliphatic heterocycles. The van der Waals surface area contributed by atoms with E-state index in [4.69, 9.17) is 17.2 Å². The van der Waals surface area contributed by atoms with E-state index in [-0.39, 0.29) is 10.2 Å². The highest BCUT2D eigenvalue weighted by molar-refractivity contribution is 9.10. The number of hydrogen-bond donors (Lipinski definition) is 3. The van der Waals surface area contributed by atoms with E-state index in [2.05, 4.69) is 30.7 Å². The van der Waals surface area contributed by atoms with Gasteiger partial charge in [-0.1, -0.05) is 0 Å². The molecule has 1 rings (SSSR count). The third kappa shape index (κ3) is 5.08. The number of benzene rings is 1. The van der Waals surface area contributed by atoms with Crippen LogP contribution in [0.2, 0.25) is 0 Å². The smallest absolute Gasteiger partial charge is 0.405 e. The van der Waals surface area contributed by atoms with Crippen molar-refractivity contribution in [2.75, 3.05) is 0 Å². The molecule has 120 valence electrons. The minimum absolute atomic E-state index is 0.172. The zero-order chi connectivity index (χ0) is 17.1. The summed E-state index contributed by atoms with van der Waals surface area (Å²) in [5.74, 6) is -1.77. The van der Waals surface area contributed by atoms with E-state index in [1.165, 1.54) is 0 Å². The summed E-state index contributed by atoms with van der Waals surface area (Å²) in [7, 11) is 0. The first-order chi connectivity index (χ1) is 9.99. The van der Waals surface area contributed by atoms with Crippen molar-refractivity contribution in [2.24, 2.45) is 27.2 Å². The lowest BCUT2D eigenvalue weighted by Crippen LogP contribution is -2.26. The Morgan fingerprint density at radius 2 is 1.91 bits per heavy atom. The molecule has 0 bridgehead atoms. The monoisotopic (exact) mass is 384 g/mol. The van der Waals surface area contributed by atoms with Gasteiger partial charge < -0.3 is 21.9 Å². The number of rotatable bonds is 3. The van der Waals surface area contributed by atoms with E-state index in [0.717, 1.165) is 6.07 Å². The third-order valence-corrected chi connectivity index (χ3v) is 2.52. The summed E-state index contributed by atoms with van der Waals surface area (Å²) in [5, 5.41) is 10.9. The molecule has 0 saturated heterocycles. The summed E-state index contributed by atoms with van der Waals surface area (Å²) in [6.45, 7) is 0. The molecular formula is C9H8BrF3N6O3. The summed E-state index contributed by atoms with van der Waals surface area (Å²) in [6, 6.07) is 1.38. The summed E-state index contributed by atoms with van der Waals surface area (Å²) in [5.41, 5.74) is 14.3. The maximum absolute atomic E-state index is 12.2. The van der Waals surface area contributed by atoms with Crippen molar-refractivity contribution in [3.05, 3.63) is 26.7 Å². The molecule has 0 unspecified atom stereocenters. The van der Waals surface area contributed by atoms with Gasteiger partial charge in [0.2, 0.25) is 5.96 Å². The van der Waals surface area contributed by atoms with Gasteiger partial charge in [-0.15, -0.1) is 13.2 Å². The second-order valence-electron chi connectivity index (χ2n) is 3.58. The van der Waals surface area contributed by atoms with Gasteiger partial charge >= 0.3 is 6.36 Å². The van der Waals surface area contributed by atoms with E-state index in [1.807, 2.05) is 0 Å². The van der Waals surface area contributed by atoms with Crippen molar-refractivity contribution in [2.45, 2.75) is 6.36 Å². The van der Waals surface area contributed by atoms with Gasteiger partial charge in [0.05, 0.1) is 15.5 Å². The van der Waals surface area contributed by atoms with Gasteiger partial charge in [-0.05, 0) is 22.0 Å². The molecule has 22 heavy (non-hydrogen) atoms.